The number of rotatable bonds is 7. The Balaban J connectivity index is 1.87. The molecule has 3 heteroatoms. The number of hydrogen-bond acceptors (Lipinski definition) is 3. The van der Waals surface area contributed by atoms with Crippen LogP contribution >= 0.6 is 0 Å². The van der Waals surface area contributed by atoms with Gasteiger partial charge in [-0.3, -0.25) is 0 Å². The molecule has 0 aromatic carbocycles. The third-order valence-electron chi connectivity index (χ3n) is 5.29. The van der Waals surface area contributed by atoms with Crippen molar-refractivity contribution in [2.24, 2.45) is 17.3 Å². The Hall–Kier alpha value is -0.120. The second-order valence-corrected chi connectivity index (χ2v) is 7.32. The number of nitrogens with one attached hydrogen (secondary N) is 1. The van der Waals surface area contributed by atoms with Crippen molar-refractivity contribution in [3.63, 3.8) is 0 Å². The summed E-state index contributed by atoms with van der Waals surface area (Å²) < 4.78 is 5.61. The maximum atomic E-state index is 5.61. The Kier molecular flexibility index (Phi) is 6.31. The summed E-state index contributed by atoms with van der Waals surface area (Å²) in [4.78, 5) is 2.73. The average Bonchev–Trinajstić information content (AvgIpc) is 2.88. The van der Waals surface area contributed by atoms with Crippen LogP contribution in [0.2, 0.25) is 0 Å². The van der Waals surface area contributed by atoms with Crippen LogP contribution in [0.15, 0.2) is 0 Å². The zero-order chi connectivity index (χ0) is 14.4. The zero-order valence-electron chi connectivity index (χ0n) is 13.8. The highest BCUT2D eigenvalue weighted by Crippen LogP contribution is 2.33. The number of nitrogens with zero attached hydrogens (tertiary/aromatic N) is 1. The molecule has 0 radical (unpaired) electrons. The summed E-state index contributed by atoms with van der Waals surface area (Å²) in [6, 6.07) is 0. The van der Waals surface area contributed by atoms with E-state index < -0.39 is 0 Å². The molecule has 3 nitrogen and oxygen atoms in total. The minimum Gasteiger partial charge on any atom is -0.381 e. The lowest BCUT2D eigenvalue weighted by Crippen LogP contribution is -2.47. The van der Waals surface area contributed by atoms with Crippen molar-refractivity contribution in [2.75, 3.05) is 45.9 Å². The predicted octanol–water partition coefficient (Wildman–Crippen LogP) is 2.76. The van der Waals surface area contributed by atoms with E-state index in [1.165, 1.54) is 51.9 Å². The van der Waals surface area contributed by atoms with Crippen LogP contribution in [0.3, 0.4) is 0 Å². The lowest BCUT2D eigenvalue weighted by Gasteiger charge is -2.40. The molecular weight excluding hydrogens is 248 g/mol. The highest BCUT2D eigenvalue weighted by atomic mass is 16.5. The van der Waals surface area contributed by atoms with Crippen molar-refractivity contribution in [3.05, 3.63) is 0 Å². The van der Waals surface area contributed by atoms with Gasteiger partial charge >= 0.3 is 0 Å². The highest BCUT2D eigenvalue weighted by molar-refractivity contribution is 4.90. The average molecular weight is 282 g/mol. The highest BCUT2D eigenvalue weighted by Gasteiger charge is 2.36. The maximum Gasteiger partial charge on any atom is 0.0472 e. The van der Waals surface area contributed by atoms with Crippen molar-refractivity contribution in [1.29, 1.82) is 0 Å². The summed E-state index contributed by atoms with van der Waals surface area (Å²) in [6.45, 7) is 15.1. The van der Waals surface area contributed by atoms with Crippen LogP contribution in [0.4, 0.5) is 0 Å². The van der Waals surface area contributed by atoms with Gasteiger partial charge in [-0.1, -0.05) is 20.8 Å². The van der Waals surface area contributed by atoms with Crippen LogP contribution < -0.4 is 5.32 Å². The van der Waals surface area contributed by atoms with Crippen molar-refractivity contribution >= 4 is 0 Å². The SMILES string of the molecule is CCCNCC1(CN2CCC(C(C)C)C2)CCOCC1. The van der Waals surface area contributed by atoms with Gasteiger partial charge in [0.15, 0.2) is 0 Å². The molecule has 0 aromatic rings. The normalized spacial score (nSPS) is 27.3. The topological polar surface area (TPSA) is 24.5 Å². The fourth-order valence-corrected chi connectivity index (χ4v) is 3.75. The number of ether oxygens (including phenoxy) is 1. The van der Waals surface area contributed by atoms with Crippen LogP contribution in [0.5, 0.6) is 0 Å². The largest absolute Gasteiger partial charge is 0.381 e. The Labute approximate surface area is 125 Å². The Morgan fingerprint density at radius 2 is 2.05 bits per heavy atom. The van der Waals surface area contributed by atoms with Gasteiger partial charge in [0.1, 0.15) is 0 Å². The standard InChI is InChI=1S/C17H34N2O/c1-4-8-18-13-17(6-10-20-11-7-17)14-19-9-5-16(12-19)15(2)3/h15-16,18H,4-14H2,1-3H3. The Morgan fingerprint density at radius 1 is 1.30 bits per heavy atom. The quantitative estimate of drug-likeness (QED) is 0.727. The van der Waals surface area contributed by atoms with Crippen LogP contribution in [-0.2, 0) is 4.74 Å². The fraction of sp³-hybridized carbons (Fsp3) is 1.00. The molecule has 0 aromatic heterocycles. The van der Waals surface area contributed by atoms with E-state index in [2.05, 4.69) is 31.0 Å². The first kappa shape index (κ1) is 16.3. The molecule has 2 heterocycles. The summed E-state index contributed by atoms with van der Waals surface area (Å²) in [7, 11) is 0. The lowest BCUT2D eigenvalue weighted by molar-refractivity contribution is -0.00158. The van der Waals surface area contributed by atoms with Gasteiger partial charge in [0.05, 0.1) is 0 Å². The van der Waals surface area contributed by atoms with E-state index in [9.17, 15) is 0 Å². The molecule has 2 saturated heterocycles. The van der Waals surface area contributed by atoms with Gasteiger partial charge in [0.2, 0.25) is 0 Å². The van der Waals surface area contributed by atoms with Gasteiger partial charge in [-0.2, -0.15) is 0 Å². The molecular formula is C17H34N2O. The van der Waals surface area contributed by atoms with Gasteiger partial charge < -0.3 is 15.0 Å². The second-order valence-electron chi connectivity index (χ2n) is 7.32. The minimum atomic E-state index is 0.458. The van der Waals surface area contributed by atoms with E-state index in [0.717, 1.165) is 31.6 Å². The first-order chi connectivity index (χ1) is 9.65. The summed E-state index contributed by atoms with van der Waals surface area (Å²) in [5, 5.41) is 3.67. The molecule has 0 aliphatic carbocycles. The molecule has 20 heavy (non-hydrogen) atoms. The molecule has 1 unspecified atom stereocenters. The summed E-state index contributed by atoms with van der Waals surface area (Å²) in [5.74, 6) is 1.75. The number of likely N-dealkylation sites (tertiary alicyclic amines) is 1. The van der Waals surface area contributed by atoms with Crippen molar-refractivity contribution in [2.45, 2.75) is 46.5 Å². The molecule has 2 aliphatic rings. The third kappa shape index (κ3) is 4.44. The van der Waals surface area contributed by atoms with E-state index in [0.29, 0.717) is 5.41 Å². The van der Waals surface area contributed by atoms with Gasteiger partial charge in [0, 0.05) is 32.8 Å². The molecule has 0 bridgehead atoms. The molecule has 1 atom stereocenters. The van der Waals surface area contributed by atoms with E-state index >= 15 is 0 Å². The monoisotopic (exact) mass is 282 g/mol. The van der Waals surface area contributed by atoms with Crippen molar-refractivity contribution in [3.8, 4) is 0 Å². The van der Waals surface area contributed by atoms with Crippen molar-refractivity contribution < 1.29 is 4.74 Å². The summed E-state index contributed by atoms with van der Waals surface area (Å²) in [5.41, 5.74) is 0.458. The smallest absolute Gasteiger partial charge is 0.0472 e. The molecule has 0 amide bonds. The van der Waals surface area contributed by atoms with Crippen LogP contribution in [0, 0.1) is 17.3 Å². The maximum absolute atomic E-state index is 5.61. The zero-order valence-corrected chi connectivity index (χ0v) is 13.8. The van der Waals surface area contributed by atoms with Crippen molar-refractivity contribution in [1.82, 2.24) is 10.2 Å². The molecule has 0 spiro atoms. The van der Waals surface area contributed by atoms with E-state index in [1.54, 1.807) is 0 Å². The minimum absolute atomic E-state index is 0.458. The van der Waals surface area contributed by atoms with E-state index in [-0.39, 0.29) is 0 Å². The Morgan fingerprint density at radius 3 is 2.65 bits per heavy atom. The molecule has 118 valence electrons. The van der Waals surface area contributed by atoms with Crippen LogP contribution in [0.1, 0.15) is 46.5 Å². The molecule has 2 aliphatic heterocycles. The summed E-state index contributed by atoms with van der Waals surface area (Å²) >= 11 is 0. The third-order valence-corrected chi connectivity index (χ3v) is 5.29. The molecule has 1 N–H and O–H groups in total. The van der Waals surface area contributed by atoms with Gasteiger partial charge in [-0.05, 0) is 56.0 Å². The number of hydrogen-bond donors (Lipinski definition) is 1. The molecule has 2 fully saturated rings. The van der Waals surface area contributed by atoms with Gasteiger partial charge in [-0.15, -0.1) is 0 Å². The van der Waals surface area contributed by atoms with Crippen LogP contribution in [0.25, 0.3) is 0 Å². The van der Waals surface area contributed by atoms with E-state index in [4.69, 9.17) is 4.74 Å². The fourth-order valence-electron chi connectivity index (χ4n) is 3.75. The first-order valence-electron chi connectivity index (χ1n) is 8.66. The van der Waals surface area contributed by atoms with E-state index in [1.807, 2.05) is 0 Å². The second kappa shape index (κ2) is 7.77. The van der Waals surface area contributed by atoms with Gasteiger partial charge in [-0.25, -0.2) is 0 Å². The predicted molar refractivity (Wildman–Crippen MR) is 85.0 cm³/mol. The van der Waals surface area contributed by atoms with Gasteiger partial charge in [0.25, 0.3) is 0 Å². The Bertz CT molecular complexity index is 274. The summed E-state index contributed by atoms with van der Waals surface area (Å²) in [6.07, 6.45) is 5.08. The van der Waals surface area contributed by atoms with Crippen LogP contribution in [-0.4, -0.2) is 50.8 Å². The lowest BCUT2D eigenvalue weighted by atomic mass is 9.79. The molecule has 0 saturated carbocycles. The molecule has 2 rings (SSSR count). The first-order valence-corrected chi connectivity index (χ1v) is 8.66.